The van der Waals surface area contributed by atoms with Gasteiger partial charge in [0.1, 0.15) is 23.2 Å². The molecule has 2 atom stereocenters. The number of furan rings is 1. The van der Waals surface area contributed by atoms with E-state index in [1.54, 1.807) is 18.4 Å². The molecule has 1 aliphatic heterocycles. The van der Waals surface area contributed by atoms with Crippen molar-refractivity contribution >= 4 is 17.1 Å². The Morgan fingerprint density at radius 1 is 1.09 bits per heavy atom. The standard InChI is InChI=1S/C28H24FNO4/c29-22-13-19(23-8-10-26-24(30-23)11-12-33-26)5-7-20(22)25-9-6-17-3-4-18(14-27(17)34-25)21(15-28(31)32)16-1-2-16/h3-5,7-8,10-14,16,21,25H,1-2,6,9,15H2,(H,31,32). The third kappa shape index (κ3) is 3.94. The van der Waals surface area contributed by atoms with Crippen molar-refractivity contribution in [1.29, 1.82) is 0 Å². The van der Waals surface area contributed by atoms with Crippen LogP contribution < -0.4 is 4.74 Å². The number of carbonyl (C=O) groups is 1. The van der Waals surface area contributed by atoms with Crippen molar-refractivity contribution in [3.8, 4) is 17.0 Å². The second-order valence-electron chi connectivity index (χ2n) is 9.29. The fourth-order valence-electron chi connectivity index (χ4n) is 5.04. The molecule has 2 aromatic heterocycles. The molecule has 0 amide bonds. The van der Waals surface area contributed by atoms with E-state index in [1.807, 2.05) is 36.4 Å². The lowest BCUT2D eigenvalue weighted by molar-refractivity contribution is -0.137. The van der Waals surface area contributed by atoms with E-state index in [0.29, 0.717) is 34.7 Å². The molecular formula is C28H24FNO4. The van der Waals surface area contributed by atoms with Gasteiger partial charge in [-0.3, -0.25) is 4.79 Å². The molecule has 2 aliphatic rings. The molecule has 172 valence electrons. The fraction of sp³-hybridized carbons (Fsp3) is 0.286. The summed E-state index contributed by atoms with van der Waals surface area (Å²) in [5, 5.41) is 9.35. The topological polar surface area (TPSA) is 72.6 Å². The van der Waals surface area contributed by atoms with Gasteiger partial charge in [-0.2, -0.15) is 0 Å². The maximum absolute atomic E-state index is 15.2. The van der Waals surface area contributed by atoms with Gasteiger partial charge in [0, 0.05) is 17.2 Å². The van der Waals surface area contributed by atoms with E-state index < -0.39 is 5.97 Å². The first-order valence-electron chi connectivity index (χ1n) is 11.7. The Morgan fingerprint density at radius 3 is 2.76 bits per heavy atom. The van der Waals surface area contributed by atoms with Crippen molar-refractivity contribution in [2.45, 2.75) is 44.1 Å². The minimum Gasteiger partial charge on any atom is -0.485 e. The molecule has 1 fully saturated rings. The SMILES string of the molecule is O=C(O)CC(c1ccc2c(c1)OC(c1ccc(-c3ccc4occc4n3)cc1F)CC2)C1CC1. The van der Waals surface area contributed by atoms with Gasteiger partial charge in [0.2, 0.25) is 0 Å². The quantitative estimate of drug-likeness (QED) is 0.350. The van der Waals surface area contributed by atoms with Crippen LogP contribution in [-0.4, -0.2) is 16.1 Å². The summed E-state index contributed by atoms with van der Waals surface area (Å²) in [5.41, 5.74) is 5.42. The number of hydrogen-bond donors (Lipinski definition) is 1. The number of nitrogens with zero attached hydrogens (tertiary/aromatic N) is 1. The van der Waals surface area contributed by atoms with Gasteiger partial charge < -0.3 is 14.3 Å². The van der Waals surface area contributed by atoms with Gasteiger partial charge in [0.25, 0.3) is 0 Å². The van der Waals surface area contributed by atoms with Gasteiger partial charge in [-0.25, -0.2) is 9.37 Å². The molecule has 6 rings (SSSR count). The average molecular weight is 458 g/mol. The van der Waals surface area contributed by atoms with Crippen LogP contribution in [-0.2, 0) is 11.2 Å². The second kappa shape index (κ2) is 8.28. The number of halogens is 1. The lowest BCUT2D eigenvalue weighted by Gasteiger charge is -2.28. The monoisotopic (exact) mass is 457 g/mol. The van der Waals surface area contributed by atoms with Crippen molar-refractivity contribution in [1.82, 2.24) is 4.98 Å². The van der Waals surface area contributed by atoms with Crippen molar-refractivity contribution in [2.24, 2.45) is 5.92 Å². The minimum absolute atomic E-state index is 0.00265. The zero-order chi connectivity index (χ0) is 23.2. The molecular weight excluding hydrogens is 433 g/mol. The maximum Gasteiger partial charge on any atom is 0.303 e. The molecule has 4 aromatic rings. The first kappa shape index (κ1) is 20.9. The zero-order valence-electron chi connectivity index (χ0n) is 18.5. The van der Waals surface area contributed by atoms with Crippen LogP contribution in [0.4, 0.5) is 4.39 Å². The fourth-order valence-corrected chi connectivity index (χ4v) is 5.04. The summed E-state index contributed by atoms with van der Waals surface area (Å²) in [6, 6.07) is 16.7. The van der Waals surface area contributed by atoms with E-state index in [2.05, 4.69) is 4.98 Å². The Kier molecular flexibility index (Phi) is 5.09. The summed E-state index contributed by atoms with van der Waals surface area (Å²) in [4.78, 5) is 15.9. The number of ether oxygens (including phenoxy) is 1. The van der Waals surface area contributed by atoms with Gasteiger partial charge in [-0.05, 0) is 72.9 Å². The molecule has 6 heteroatoms. The minimum atomic E-state index is -0.781. The largest absolute Gasteiger partial charge is 0.485 e. The van der Waals surface area contributed by atoms with Crippen LogP contribution in [0.25, 0.3) is 22.4 Å². The predicted octanol–water partition coefficient (Wildman–Crippen LogP) is 6.67. The van der Waals surface area contributed by atoms with E-state index >= 15 is 4.39 Å². The number of carboxylic acid groups (broad SMARTS) is 1. The molecule has 0 saturated heterocycles. The van der Waals surface area contributed by atoms with E-state index in [9.17, 15) is 9.90 Å². The summed E-state index contributed by atoms with van der Waals surface area (Å²) < 4.78 is 26.8. The molecule has 34 heavy (non-hydrogen) atoms. The lowest BCUT2D eigenvalue weighted by atomic mass is 9.88. The maximum atomic E-state index is 15.2. The number of rotatable bonds is 6. The predicted molar refractivity (Wildman–Crippen MR) is 125 cm³/mol. The molecule has 5 nitrogen and oxygen atoms in total. The number of aromatic nitrogens is 1. The summed E-state index contributed by atoms with van der Waals surface area (Å²) >= 11 is 0. The number of benzene rings is 2. The van der Waals surface area contributed by atoms with Gasteiger partial charge >= 0.3 is 5.97 Å². The summed E-state index contributed by atoms with van der Waals surface area (Å²) in [7, 11) is 0. The number of pyridine rings is 1. The van der Waals surface area contributed by atoms with E-state index in [4.69, 9.17) is 9.15 Å². The highest BCUT2D eigenvalue weighted by Gasteiger charge is 2.34. The molecule has 1 saturated carbocycles. The Balaban J connectivity index is 1.26. The number of aliphatic carboxylic acids is 1. The van der Waals surface area contributed by atoms with Crippen LogP contribution in [0, 0.1) is 11.7 Å². The number of aryl methyl sites for hydroxylation is 1. The van der Waals surface area contributed by atoms with Crippen LogP contribution in [0.5, 0.6) is 5.75 Å². The lowest BCUT2D eigenvalue weighted by Crippen LogP contribution is -2.17. The average Bonchev–Trinajstić information content (AvgIpc) is 3.57. The molecule has 1 N–H and O–H groups in total. The van der Waals surface area contributed by atoms with E-state index in [-0.39, 0.29) is 24.3 Å². The third-order valence-corrected chi connectivity index (χ3v) is 7.00. The first-order chi connectivity index (χ1) is 16.5. The number of fused-ring (bicyclic) bond motifs is 2. The summed E-state index contributed by atoms with van der Waals surface area (Å²) in [6.45, 7) is 0. The second-order valence-corrected chi connectivity index (χ2v) is 9.29. The molecule has 0 radical (unpaired) electrons. The Labute approximate surface area is 196 Å². The highest BCUT2D eigenvalue weighted by atomic mass is 19.1. The molecule has 3 heterocycles. The molecule has 2 unspecified atom stereocenters. The van der Waals surface area contributed by atoms with E-state index in [1.165, 1.54) is 6.07 Å². The van der Waals surface area contributed by atoms with Gasteiger partial charge in [-0.15, -0.1) is 0 Å². The smallest absolute Gasteiger partial charge is 0.303 e. The van der Waals surface area contributed by atoms with Crippen molar-refractivity contribution in [3.63, 3.8) is 0 Å². The summed E-state index contributed by atoms with van der Waals surface area (Å²) in [6.07, 6.45) is 4.93. The Bertz CT molecular complexity index is 1390. The van der Waals surface area contributed by atoms with Crippen molar-refractivity contribution < 1.29 is 23.4 Å². The van der Waals surface area contributed by atoms with Crippen LogP contribution in [0.2, 0.25) is 0 Å². The molecule has 2 aromatic carbocycles. The van der Waals surface area contributed by atoms with Crippen LogP contribution in [0.15, 0.2) is 65.3 Å². The van der Waals surface area contributed by atoms with Crippen molar-refractivity contribution in [2.75, 3.05) is 0 Å². The highest BCUT2D eigenvalue weighted by molar-refractivity contribution is 5.76. The normalized spacial score (nSPS) is 18.3. The van der Waals surface area contributed by atoms with Crippen molar-refractivity contribution in [3.05, 3.63) is 83.4 Å². The Hall–Kier alpha value is -3.67. The molecule has 0 spiro atoms. The van der Waals surface area contributed by atoms with Crippen LogP contribution >= 0.6 is 0 Å². The van der Waals surface area contributed by atoms with Crippen LogP contribution in [0.1, 0.15) is 54.4 Å². The van der Waals surface area contributed by atoms with Gasteiger partial charge in [-0.1, -0.05) is 24.3 Å². The van der Waals surface area contributed by atoms with Gasteiger partial charge in [0.05, 0.1) is 18.4 Å². The third-order valence-electron chi connectivity index (χ3n) is 7.00. The summed E-state index contributed by atoms with van der Waals surface area (Å²) in [5.74, 6) is 0.0616. The molecule has 1 aliphatic carbocycles. The van der Waals surface area contributed by atoms with Crippen LogP contribution in [0.3, 0.4) is 0 Å². The van der Waals surface area contributed by atoms with Gasteiger partial charge in [0.15, 0.2) is 5.58 Å². The zero-order valence-corrected chi connectivity index (χ0v) is 18.5. The Morgan fingerprint density at radius 2 is 1.97 bits per heavy atom. The highest BCUT2D eigenvalue weighted by Crippen LogP contribution is 2.46. The molecule has 0 bridgehead atoms. The van der Waals surface area contributed by atoms with E-state index in [0.717, 1.165) is 41.7 Å². The first-order valence-corrected chi connectivity index (χ1v) is 11.7. The number of carboxylic acids is 1. The number of hydrogen-bond acceptors (Lipinski definition) is 4.